The number of hydrogen-bond acceptors (Lipinski definition) is 3. The van der Waals surface area contributed by atoms with E-state index in [0.29, 0.717) is 12.0 Å². The summed E-state index contributed by atoms with van der Waals surface area (Å²) in [5.41, 5.74) is 3.11. The summed E-state index contributed by atoms with van der Waals surface area (Å²) in [7, 11) is 0. The molecule has 0 saturated carbocycles. The SMILES string of the molecule is C[C@H]1C[C@H]2CON[C@@]2(C)CO1. The van der Waals surface area contributed by atoms with Crippen molar-refractivity contribution in [3.8, 4) is 0 Å². The van der Waals surface area contributed by atoms with Gasteiger partial charge in [0.05, 0.1) is 24.9 Å². The molecule has 0 bridgehead atoms. The molecule has 2 heterocycles. The van der Waals surface area contributed by atoms with Gasteiger partial charge in [-0.1, -0.05) is 0 Å². The monoisotopic (exact) mass is 157 g/mol. The molecule has 3 nitrogen and oxygen atoms in total. The Morgan fingerprint density at radius 1 is 1.55 bits per heavy atom. The molecule has 64 valence electrons. The summed E-state index contributed by atoms with van der Waals surface area (Å²) >= 11 is 0. The molecule has 11 heavy (non-hydrogen) atoms. The van der Waals surface area contributed by atoms with E-state index < -0.39 is 0 Å². The summed E-state index contributed by atoms with van der Waals surface area (Å²) in [5, 5.41) is 0. The third-order valence-corrected chi connectivity index (χ3v) is 2.78. The van der Waals surface area contributed by atoms with Gasteiger partial charge in [-0.05, 0) is 20.3 Å². The van der Waals surface area contributed by atoms with Gasteiger partial charge < -0.3 is 9.57 Å². The molecule has 2 aliphatic heterocycles. The normalized spacial score (nSPS) is 50.7. The Balaban J connectivity index is 2.08. The summed E-state index contributed by atoms with van der Waals surface area (Å²) in [6.07, 6.45) is 1.51. The molecule has 0 unspecified atom stereocenters. The Morgan fingerprint density at radius 2 is 2.36 bits per heavy atom. The van der Waals surface area contributed by atoms with Crippen LogP contribution in [-0.2, 0) is 9.57 Å². The van der Waals surface area contributed by atoms with Crippen molar-refractivity contribution >= 4 is 0 Å². The summed E-state index contributed by atoms with van der Waals surface area (Å²) < 4.78 is 5.55. The van der Waals surface area contributed by atoms with Crippen LogP contribution in [0.25, 0.3) is 0 Å². The molecule has 0 spiro atoms. The van der Waals surface area contributed by atoms with E-state index in [4.69, 9.17) is 9.57 Å². The molecule has 0 aliphatic carbocycles. The molecule has 2 aliphatic rings. The maximum Gasteiger partial charge on any atom is 0.0730 e. The zero-order chi connectivity index (χ0) is 7.90. The third-order valence-electron chi connectivity index (χ3n) is 2.78. The van der Waals surface area contributed by atoms with E-state index in [9.17, 15) is 0 Å². The molecule has 2 rings (SSSR count). The van der Waals surface area contributed by atoms with Crippen LogP contribution in [-0.4, -0.2) is 24.9 Å². The first-order chi connectivity index (χ1) is 5.21. The maximum absolute atomic E-state index is 5.55. The predicted octanol–water partition coefficient (Wildman–Crippen LogP) is 0.705. The highest BCUT2D eigenvalue weighted by Crippen LogP contribution is 2.32. The quantitative estimate of drug-likeness (QED) is 0.561. The van der Waals surface area contributed by atoms with Gasteiger partial charge in [-0.15, -0.1) is 0 Å². The van der Waals surface area contributed by atoms with E-state index in [1.54, 1.807) is 0 Å². The molecule has 0 aromatic carbocycles. The molecular weight excluding hydrogens is 142 g/mol. The van der Waals surface area contributed by atoms with Crippen LogP contribution in [0.1, 0.15) is 20.3 Å². The Morgan fingerprint density at radius 3 is 3.18 bits per heavy atom. The molecule has 2 saturated heterocycles. The van der Waals surface area contributed by atoms with E-state index >= 15 is 0 Å². The van der Waals surface area contributed by atoms with Gasteiger partial charge in [-0.2, -0.15) is 5.48 Å². The molecule has 1 N–H and O–H groups in total. The van der Waals surface area contributed by atoms with Gasteiger partial charge in [0.15, 0.2) is 0 Å². The standard InChI is InChI=1S/C8H15NO2/c1-6-3-7-4-11-9-8(7,2)5-10-6/h6-7,9H,3-5H2,1-2H3/t6-,7-,8-/m0/s1. The Kier molecular flexibility index (Phi) is 1.67. The number of nitrogens with one attached hydrogen (secondary N) is 1. The van der Waals surface area contributed by atoms with Crippen molar-refractivity contribution in [2.45, 2.75) is 31.9 Å². The van der Waals surface area contributed by atoms with Crippen LogP contribution in [0, 0.1) is 5.92 Å². The van der Waals surface area contributed by atoms with Crippen molar-refractivity contribution in [3.05, 3.63) is 0 Å². The smallest absolute Gasteiger partial charge is 0.0730 e. The molecule has 0 amide bonds. The lowest BCUT2D eigenvalue weighted by Crippen LogP contribution is -2.51. The van der Waals surface area contributed by atoms with Crippen LogP contribution >= 0.6 is 0 Å². The van der Waals surface area contributed by atoms with Gasteiger partial charge in [-0.25, -0.2) is 0 Å². The minimum atomic E-state index is 0.0759. The van der Waals surface area contributed by atoms with Crippen molar-refractivity contribution in [3.63, 3.8) is 0 Å². The first kappa shape index (κ1) is 7.53. The van der Waals surface area contributed by atoms with Crippen LogP contribution in [0.5, 0.6) is 0 Å². The zero-order valence-electron chi connectivity index (χ0n) is 7.09. The Bertz CT molecular complexity index is 162. The summed E-state index contributed by atoms with van der Waals surface area (Å²) in [5.74, 6) is 0.631. The number of fused-ring (bicyclic) bond motifs is 1. The summed E-state index contributed by atoms with van der Waals surface area (Å²) in [6, 6.07) is 0. The fraction of sp³-hybridized carbons (Fsp3) is 1.00. The fourth-order valence-electron chi connectivity index (χ4n) is 1.83. The van der Waals surface area contributed by atoms with E-state index in [1.165, 1.54) is 0 Å². The van der Waals surface area contributed by atoms with Gasteiger partial charge >= 0.3 is 0 Å². The Labute approximate surface area is 67.0 Å². The highest BCUT2D eigenvalue weighted by atomic mass is 16.7. The molecule has 3 heteroatoms. The molecular formula is C8H15NO2. The second-order valence-corrected chi connectivity index (χ2v) is 3.88. The molecule has 3 atom stereocenters. The molecule has 0 aromatic rings. The van der Waals surface area contributed by atoms with Crippen molar-refractivity contribution < 1.29 is 9.57 Å². The van der Waals surface area contributed by atoms with E-state index in [2.05, 4.69) is 19.3 Å². The van der Waals surface area contributed by atoms with Crippen LogP contribution < -0.4 is 5.48 Å². The first-order valence-electron chi connectivity index (χ1n) is 4.21. The van der Waals surface area contributed by atoms with Crippen LogP contribution in [0.2, 0.25) is 0 Å². The second-order valence-electron chi connectivity index (χ2n) is 3.88. The van der Waals surface area contributed by atoms with Crippen molar-refractivity contribution in [1.82, 2.24) is 5.48 Å². The van der Waals surface area contributed by atoms with Crippen molar-refractivity contribution in [2.24, 2.45) is 5.92 Å². The van der Waals surface area contributed by atoms with Gasteiger partial charge in [0.25, 0.3) is 0 Å². The van der Waals surface area contributed by atoms with Gasteiger partial charge in [0, 0.05) is 5.92 Å². The lowest BCUT2D eigenvalue weighted by molar-refractivity contribution is -0.0498. The Hall–Kier alpha value is -0.120. The number of hydrogen-bond donors (Lipinski definition) is 1. The lowest BCUT2D eigenvalue weighted by Gasteiger charge is -2.36. The largest absolute Gasteiger partial charge is 0.376 e. The maximum atomic E-state index is 5.55. The number of ether oxygens (including phenoxy) is 1. The van der Waals surface area contributed by atoms with E-state index in [-0.39, 0.29) is 5.54 Å². The van der Waals surface area contributed by atoms with Crippen molar-refractivity contribution in [1.29, 1.82) is 0 Å². The highest BCUT2D eigenvalue weighted by Gasteiger charge is 2.44. The highest BCUT2D eigenvalue weighted by molar-refractivity contribution is 4.95. The summed E-state index contributed by atoms with van der Waals surface area (Å²) in [6.45, 7) is 5.90. The predicted molar refractivity (Wildman–Crippen MR) is 41.0 cm³/mol. The average Bonchev–Trinajstić information content (AvgIpc) is 2.31. The number of rotatable bonds is 0. The third kappa shape index (κ3) is 1.17. The minimum absolute atomic E-state index is 0.0759. The van der Waals surface area contributed by atoms with Crippen LogP contribution in [0.15, 0.2) is 0 Å². The molecule has 0 radical (unpaired) electrons. The van der Waals surface area contributed by atoms with Gasteiger partial charge in [0.2, 0.25) is 0 Å². The van der Waals surface area contributed by atoms with Gasteiger partial charge in [-0.3, -0.25) is 0 Å². The van der Waals surface area contributed by atoms with Gasteiger partial charge in [0.1, 0.15) is 0 Å². The topological polar surface area (TPSA) is 30.5 Å². The van der Waals surface area contributed by atoms with Crippen molar-refractivity contribution in [2.75, 3.05) is 13.2 Å². The molecule has 2 fully saturated rings. The second kappa shape index (κ2) is 2.44. The van der Waals surface area contributed by atoms with Crippen LogP contribution in [0.4, 0.5) is 0 Å². The lowest BCUT2D eigenvalue weighted by atomic mass is 9.82. The number of hydroxylamine groups is 1. The van der Waals surface area contributed by atoms with Crippen LogP contribution in [0.3, 0.4) is 0 Å². The average molecular weight is 157 g/mol. The first-order valence-corrected chi connectivity index (χ1v) is 4.21. The summed E-state index contributed by atoms with van der Waals surface area (Å²) in [4.78, 5) is 5.21. The minimum Gasteiger partial charge on any atom is -0.376 e. The molecule has 0 aromatic heterocycles. The van der Waals surface area contributed by atoms with E-state index in [1.807, 2.05) is 0 Å². The zero-order valence-corrected chi connectivity index (χ0v) is 7.09. The fourth-order valence-corrected chi connectivity index (χ4v) is 1.83. The van der Waals surface area contributed by atoms with E-state index in [0.717, 1.165) is 19.6 Å².